The molecule has 1 aromatic carbocycles. The molecule has 0 amide bonds. The number of rotatable bonds is 2. The van der Waals surface area contributed by atoms with Gasteiger partial charge in [0.1, 0.15) is 5.82 Å². The first kappa shape index (κ1) is 22.4. The summed E-state index contributed by atoms with van der Waals surface area (Å²) in [5, 5.41) is 8.70. The van der Waals surface area contributed by atoms with Crippen LogP contribution in [0.5, 0.6) is 0 Å². The van der Waals surface area contributed by atoms with Gasteiger partial charge in [-0.25, -0.2) is 13.8 Å². The van der Waals surface area contributed by atoms with Crippen LogP contribution in [0.2, 0.25) is 0 Å². The Labute approximate surface area is 159 Å². The van der Waals surface area contributed by atoms with E-state index in [1.54, 1.807) is 12.1 Å². The molecule has 2 aromatic rings. The molecule has 1 fully saturated rings. The molecule has 0 atom stereocenters. The van der Waals surface area contributed by atoms with E-state index < -0.39 is 5.92 Å². The Hall–Kier alpha value is -1.65. The van der Waals surface area contributed by atoms with Gasteiger partial charge in [-0.3, -0.25) is 4.72 Å². The van der Waals surface area contributed by atoms with Gasteiger partial charge in [-0.05, 0) is 37.0 Å². The quantitative estimate of drug-likeness (QED) is 0.591. The van der Waals surface area contributed by atoms with Crippen molar-refractivity contribution in [3.05, 3.63) is 29.6 Å². The molecule has 0 unspecified atom stereocenters. The average Bonchev–Trinajstić information content (AvgIpc) is 2.96. The molecule has 0 bridgehead atoms. The summed E-state index contributed by atoms with van der Waals surface area (Å²) in [6.45, 7) is 7.07. The lowest BCUT2D eigenvalue weighted by Gasteiger charge is -2.20. The van der Waals surface area contributed by atoms with E-state index in [2.05, 4.69) is 54.3 Å². The molecule has 26 heavy (non-hydrogen) atoms. The number of aromatic nitrogens is 2. The van der Waals surface area contributed by atoms with E-state index in [0.717, 1.165) is 29.2 Å². The van der Waals surface area contributed by atoms with Crippen LogP contribution in [-0.2, 0) is 6.54 Å². The van der Waals surface area contributed by atoms with Crippen molar-refractivity contribution < 1.29 is 8.78 Å². The highest BCUT2D eigenvalue weighted by Crippen LogP contribution is 2.32. The van der Waals surface area contributed by atoms with Crippen LogP contribution in [0, 0.1) is 17.2 Å². The molecular formula is C19H28F2N4S. The fraction of sp³-hybridized carbons (Fsp3) is 0.579. The van der Waals surface area contributed by atoms with Crippen molar-refractivity contribution in [2.24, 2.45) is 5.92 Å². The van der Waals surface area contributed by atoms with Gasteiger partial charge in [-0.1, -0.05) is 40.0 Å². The summed E-state index contributed by atoms with van der Waals surface area (Å²) < 4.78 is 27.1. The van der Waals surface area contributed by atoms with Crippen LogP contribution in [0.15, 0.2) is 18.2 Å². The molecule has 1 aromatic heterocycles. The minimum atomic E-state index is -2.32. The molecule has 1 aliphatic carbocycles. The van der Waals surface area contributed by atoms with E-state index in [1.807, 2.05) is 6.07 Å². The highest BCUT2D eigenvalue weighted by molar-refractivity contribution is 7.78. The minimum Gasteiger partial charge on any atom is -0.341 e. The number of thiol groups is 1. The second kappa shape index (κ2) is 11.1. The Morgan fingerprint density at radius 3 is 2.35 bits per heavy atom. The zero-order valence-electron chi connectivity index (χ0n) is 15.6. The van der Waals surface area contributed by atoms with Crippen molar-refractivity contribution in [2.45, 2.75) is 65.3 Å². The Bertz CT molecular complexity index is 696. The molecule has 7 heteroatoms. The van der Waals surface area contributed by atoms with E-state index in [0.29, 0.717) is 24.9 Å². The summed E-state index contributed by atoms with van der Waals surface area (Å²) in [4.78, 5) is 7.40. The van der Waals surface area contributed by atoms with Crippen LogP contribution in [0.3, 0.4) is 0 Å². The maximum atomic E-state index is 12.2. The lowest BCUT2D eigenvalue weighted by molar-refractivity contribution is -0.0337. The standard InChI is InChI=1S/C9H8N4S.C6H10F2.C4H10/c10-4-6-1-2-7-8(3-6)13-9(12-7)5-11-14;7-6(8)4-2-1-3-5-6;1-4(2)3/h1-3,11,14H,5H2,(H,12,13);1-5H2;4H,1-3H3. The molecule has 0 spiro atoms. The lowest BCUT2D eigenvalue weighted by atomic mass is 9.97. The molecule has 1 saturated carbocycles. The Morgan fingerprint density at radius 1 is 1.27 bits per heavy atom. The molecular weight excluding hydrogens is 354 g/mol. The van der Waals surface area contributed by atoms with Gasteiger partial charge in [0.05, 0.1) is 29.2 Å². The zero-order chi connectivity index (χ0) is 19.6. The molecule has 0 aliphatic heterocycles. The molecule has 1 heterocycles. The molecule has 3 rings (SSSR count). The summed E-state index contributed by atoms with van der Waals surface area (Å²) in [7, 11) is 0. The fourth-order valence-corrected chi connectivity index (χ4v) is 2.51. The van der Waals surface area contributed by atoms with Crippen LogP contribution in [0.1, 0.15) is 64.3 Å². The zero-order valence-corrected chi connectivity index (χ0v) is 16.5. The van der Waals surface area contributed by atoms with Crippen molar-refractivity contribution in [3.8, 4) is 6.07 Å². The monoisotopic (exact) mass is 382 g/mol. The summed E-state index contributed by atoms with van der Waals surface area (Å²) >= 11 is 3.89. The van der Waals surface area contributed by atoms with Crippen molar-refractivity contribution in [2.75, 3.05) is 0 Å². The number of nitrogens with zero attached hydrogens (tertiary/aromatic N) is 2. The van der Waals surface area contributed by atoms with E-state index in [9.17, 15) is 8.78 Å². The third kappa shape index (κ3) is 8.63. The summed E-state index contributed by atoms with van der Waals surface area (Å²) in [5.74, 6) is -0.678. The number of halogens is 2. The Balaban J connectivity index is 0.000000238. The van der Waals surface area contributed by atoms with Gasteiger partial charge < -0.3 is 4.98 Å². The van der Waals surface area contributed by atoms with E-state index in [1.165, 1.54) is 0 Å². The van der Waals surface area contributed by atoms with Crippen molar-refractivity contribution in [1.29, 1.82) is 5.26 Å². The Morgan fingerprint density at radius 2 is 1.88 bits per heavy atom. The first-order valence-corrected chi connectivity index (χ1v) is 9.35. The predicted octanol–water partition coefficient (Wildman–Crippen LogP) is 5.62. The van der Waals surface area contributed by atoms with Gasteiger partial charge in [0.2, 0.25) is 5.92 Å². The second-order valence-electron chi connectivity index (χ2n) is 7.01. The van der Waals surface area contributed by atoms with Crippen LogP contribution in [0.25, 0.3) is 11.0 Å². The maximum Gasteiger partial charge on any atom is 0.248 e. The van der Waals surface area contributed by atoms with Crippen molar-refractivity contribution in [1.82, 2.24) is 14.7 Å². The largest absolute Gasteiger partial charge is 0.341 e. The van der Waals surface area contributed by atoms with Crippen LogP contribution >= 0.6 is 12.8 Å². The fourth-order valence-electron chi connectivity index (χ4n) is 2.36. The van der Waals surface area contributed by atoms with E-state index >= 15 is 0 Å². The number of fused-ring (bicyclic) bond motifs is 1. The van der Waals surface area contributed by atoms with E-state index in [4.69, 9.17) is 5.26 Å². The van der Waals surface area contributed by atoms with Crippen LogP contribution in [0.4, 0.5) is 8.78 Å². The highest BCUT2D eigenvalue weighted by atomic mass is 32.1. The number of nitriles is 1. The van der Waals surface area contributed by atoms with Gasteiger partial charge in [0, 0.05) is 12.8 Å². The number of benzene rings is 1. The van der Waals surface area contributed by atoms with E-state index in [-0.39, 0.29) is 12.8 Å². The van der Waals surface area contributed by atoms with Gasteiger partial charge in [0.15, 0.2) is 0 Å². The van der Waals surface area contributed by atoms with Gasteiger partial charge in [0.25, 0.3) is 0 Å². The second-order valence-corrected chi connectivity index (χ2v) is 7.33. The summed E-state index contributed by atoms with van der Waals surface area (Å²) in [5.41, 5.74) is 2.37. The topological polar surface area (TPSA) is 64.5 Å². The number of hydrogen-bond donors (Lipinski definition) is 3. The molecule has 0 saturated heterocycles. The van der Waals surface area contributed by atoms with Crippen LogP contribution < -0.4 is 4.72 Å². The van der Waals surface area contributed by atoms with Gasteiger partial charge >= 0.3 is 0 Å². The first-order chi connectivity index (χ1) is 12.3. The number of imidazole rings is 1. The lowest BCUT2D eigenvalue weighted by Crippen LogP contribution is -2.18. The SMILES string of the molecule is CC(C)C.FC1(F)CCCCC1.N#Cc1ccc2nc(CNS)[nH]c2c1. The number of H-pyrrole nitrogens is 1. The van der Waals surface area contributed by atoms with Gasteiger partial charge in [-0.2, -0.15) is 5.26 Å². The van der Waals surface area contributed by atoms with Gasteiger partial charge in [-0.15, -0.1) is 0 Å². The Kier molecular flexibility index (Phi) is 9.60. The third-order valence-corrected chi connectivity index (χ3v) is 3.65. The number of hydrogen-bond acceptors (Lipinski definition) is 4. The number of aromatic amines is 1. The number of alkyl halides is 2. The third-order valence-electron chi connectivity index (χ3n) is 3.49. The minimum absolute atomic E-state index is 0.118. The number of nitrogens with one attached hydrogen (secondary N) is 2. The average molecular weight is 383 g/mol. The maximum absolute atomic E-state index is 12.2. The molecule has 0 radical (unpaired) electrons. The molecule has 144 valence electrons. The van der Waals surface area contributed by atoms with Crippen molar-refractivity contribution in [3.63, 3.8) is 0 Å². The highest BCUT2D eigenvalue weighted by Gasteiger charge is 2.30. The predicted molar refractivity (Wildman–Crippen MR) is 105 cm³/mol. The van der Waals surface area contributed by atoms with Crippen molar-refractivity contribution >= 4 is 23.8 Å². The summed E-state index contributed by atoms with van der Waals surface area (Å²) in [6.07, 6.45) is 2.66. The van der Waals surface area contributed by atoms with Crippen LogP contribution in [-0.4, -0.2) is 15.9 Å². The molecule has 4 nitrogen and oxygen atoms in total. The normalized spacial score (nSPS) is 15.5. The smallest absolute Gasteiger partial charge is 0.248 e. The molecule has 2 N–H and O–H groups in total. The summed E-state index contributed by atoms with van der Waals surface area (Å²) in [6, 6.07) is 7.44. The molecule has 1 aliphatic rings. The first-order valence-electron chi connectivity index (χ1n) is 8.91.